The SMILES string of the molecule is CCCC1CC1NS(=O)(=O)c1cc(N)ccc1OCC. The van der Waals surface area contributed by atoms with Crippen molar-refractivity contribution in [3.05, 3.63) is 18.2 Å². The summed E-state index contributed by atoms with van der Waals surface area (Å²) in [4.78, 5) is 0.126. The topological polar surface area (TPSA) is 81.4 Å². The van der Waals surface area contributed by atoms with Crippen molar-refractivity contribution in [2.45, 2.75) is 44.0 Å². The van der Waals surface area contributed by atoms with E-state index in [1.54, 1.807) is 12.1 Å². The van der Waals surface area contributed by atoms with E-state index in [4.69, 9.17) is 10.5 Å². The molecule has 0 spiro atoms. The number of nitrogens with one attached hydrogen (secondary N) is 1. The van der Waals surface area contributed by atoms with Crippen LogP contribution in [0.1, 0.15) is 33.1 Å². The van der Waals surface area contributed by atoms with E-state index >= 15 is 0 Å². The Hall–Kier alpha value is -1.27. The molecule has 0 amide bonds. The van der Waals surface area contributed by atoms with Gasteiger partial charge in [-0.1, -0.05) is 13.3 Å². The molecule has 0 aromatic heterocycles. The molecule has 0 aliphatic heterocycles. The minimum Gasteiger partial charge on any atom is -0.492 e. The fraction of sp³-hybridized carbons (Fsp3) is 0.571. The largest absolute Gasteiger partial charge is 0.492 e. The third kappa shape index (κ3) is 3.43. The lowest BCUT2D eigenvalue weighted by Crippen LogP contribution is -2.27. The number of ether oxygens (including phenoxy) is 1. The van der Waals surface area contributed by atoms with Gasteiger partial charge in [0.15, 0.2) is 0 Å². The molecular weight excluding hydrogens is 276 g/mol. The number of hydrogen-bond donors (Lipinski definition) is 2. The molecule has 0 radical (unpaired) electrons. The standard InChI is InChI=1S/C14H22N2O3S/c1-3-5-10-8-12(10)16-20(17,18)14-9-11(15)6-7-13(14)19-4-2/h6-7,9-10,12,16H,3-5,8,15H2,1-2H3. The second kappa shape index (κ2) is 6.01. The van der Waals surface area contributed by atoms with Gasteiger partial charge in [-0.3, -0.25) is 0 Å². The zero-order chi connectivity index (χ0) is 14.8. The molecule has 2 atom stereocenters. The van der Waals surface area contributed by atoms with Gasteiger partial charge in [-0.25, -0.2) is 13.1 Å². The zero-order valence-electron chi connectivity index (χ0n) is 11.9. The number of anilines is 1. The molecule has 1 aromatic rings. The van der Waals surface area contributed by atoms with Crippen molar-refractivity contribution < 1.29 is 13.2 Å². The molecule has 1 aromatic carbocycles. The fourth-order valence-electron chi connectivity index (χ4n) is 2.35. The van der Waals surface area contributed by atoms with E-state index in [0.717, 1.165) is 19.3 Å². The molecule has 1 aliphatic rings. The van der Waals surface area contributed by atoms with E-state index in [1.807, 2.05) is 6.92 Å². The normalized spacial score (nSPS) is 21.7. The van der Waals surface area contributed by atoms with Gasteiger partial charge in [-0.15, -0.1) is 0 Å². The molecule has 1 saturated carbocycles. The molecule has 6 heteroatoms. The maximum Gasteiger partial charge on any atom is 0.244 e. The van der Waals surface area contributed by atoms with Crippen molar-refractivity contribution in [3.8, 4) is 5.75 Å². The van der Waals surface area contributed by atoms with Crippen molar-refractivity contribution in [1.29, 1.82) is 0 Å². The molecule has 20 heavy (non-hydrogen) atoms. The highest BCUT2D eigenvalue weighted by Gasteiger charge is 2.39. The molecule has 5 nitrogen and oxygen atoms in total. The highest BCUT2D eigenvalue weighted by molar-refractivity contribution is 7.89. The maximum atomic E-state index is 12.4. The summed E-state index contributed by atoms with van der Waals surface area (Å²) in [5, 5.41) is 0. The summed E-state index contributed by atoms with van der Waals surface area (Å²) in [5.41, 5.74) is 6.11. The van der Waals surface area contributed by atoms with Gasteiger partial charge in [0.2, 0.25) is 10.0 Å². The number of rotatable bonds is 7. The van der Waals surface area contributed by atoms with Crippen molar-refractivity contribution in [1.82, 2.24) is 4.72 Å². The number of sulfonamides is 1. The molecule has 1 fully saturated rings. The maximum absolute atomic E-state index is 12.4. The molecule has 0 bridgehead atoms. The number of nitrogens with two attached hydrogens (primary N) is 1. The van der Waals surface area contributed by atoms with E-state index in [2.05, 4.69) is 11.6 Å². The quantitative estimate of drug-likeness (QED) is 0.756. The molecular formula is C14H22N2O3S. The Bertz CT molecular complexity index is 572. The van der Waals surface area contributed by atoms with Gasteiger partial charge in [0, 0.05) is 11.7 Å². The fourth-order valence-corrected chi connectivity index (χ4v) is 3.85. The van der Waals surface area contributed by atoms with Crippen LogP contribution in [-0.4, -0.2) is 21.1 Å². The van der Waals surface area contributed by atoms with Gasteiger partial charge < -0.3 is 10.5 Å². The number of hydrogen-bond acceptors (Lipinski definition) is 4. The minimum absolute atomic E-state index is 0.0517. The lowest BCUT2D eigenvalue weighted by Gasteiger charge is -2.12. The third-order valence-electron chi connectivity index (χ3n) is 3.45. The van der Waals surface area contributed by atoms with Crippen LogP contribution in [0, 0.1) is 5.92 Å². The van der Waals surface area contributed by atoms with Gasteiger partial charge in [-0.2, -0.15) is 0 Å². The first-order chi connectivity index (χ1) is 9.47. The first kappa shape index (κ1) is 15.1. The summed E-state index contributed by atoms with van der Waals surface area (Å²) in [7, 11) is -3.58. The van der Waals surface area contributed by atoms with Crippen LogP contribution in [0.3, 0.4) is 0 Å². The smallest absolute Gasteiger partial charge is 0.244 e. The molecule has 0 heterocycles. The average Bonchev–Trinajstić information content (AvgIpc) is 3.09. The van der Waals surface area contributed by atoms with Crippen molar-refractivity contribution in [3.63, 3.8) is 0 Å². The second-order valence-electron chi connectivity index (χ2n) is 5.15. The first-order valence-corrected chi connectivity index (χ1v) is 8.51. The highest BCUT2D eigenvalue weighted by Crippen LogP contribution is 2.36. The average molecular weight is 298 g/mol. The van der Waals surface area contributed by atoms with Crippen LogP contribution < -0.4 is 15.2 Å². The third-order valence-corrected chi connectivity index (χ3v) is 4.96. The van der Waals surface area contributed by atoms with Gasteiger partial charge in [0.05, 0.1) is 6.61 Å². The molecule has 3 N–H and O–H groups in total. The Morgan fingerprint density at radius 3 is 2.80 bits per heavy atom. The lowest BCUT2D eigenvalue weighted by atomic mass is 10.2. The van der Waals surface area contributed by atoms with E-state index in [-0.39, 0.29) is 10.9 Å². The molecule has 2 unspecified atom stereocenters. The Balaban J connectivity index is 2.19. The van der Waals surface area contributed by atoms with Crippen molar-refractivity contribution in [2.24, 2.45) is 5.92 Å². The van der Waals surface area contributed by atoms with Gasteiger partial charge >= 0.3 is 0 Å². The molecule has 112 valence electrons. The number of nitrogen functional groups attached to an aromatic ring is 1. The Morgan fingerprint density at radius 1 is 1.40 bits per heavy atom. The van der Waals surface area contributed by atoms with E-state index in [1.165, 1.54) is 6.07 Å². The van der Waals surface area contributed by atoms with Crippen LogP contribution in [0.5, 0.6) is 5.75 Å². The molecule has 1 aliphatic carbocycles. The van der Waals surface area contributed by atoms with Gasteiger partial charge in [0.1, 0.15) is 10.6 Å². The van der Waals surface area contributed by atoms with Crippen LogP contribution in [0.25, 0.3) is 0 Å². The summed E-state index contributed by atoms with van der Waals surface area (Å²) in [6, 6.07) is 4.74. The van der Waals surface area contributed by atoms with Crippen molar-refractivity contribution >= 4 is 15.7 Å². The summed E-state index contributed by atoms with van der Waals surface area (Å²) in [6.07, 6.45) is 3.05. The Labute approximate surface area is 120 Å². The lowest BCUT2D eigenvalue weighted by molar-refractivity contribution is 0.331. The predicted octanol–water partition coefficient (Wildman–Crippen LogP) is 2.13. The summed E-state index contributed by atoms with van der Waals surface area (Å²) in [5.74, 6) is 0.813. The molecule has 2 rings (SSSR count). The summed E-state index contributed by atoms with van der Waals surface area (Å²) < 4.78 is 33.0. The van der Waals surface area contributed by atoms with E-state index in [9.17, 15) is 8.42 Å². The first-order valence-electron chi connectivity index (χ1n) is 7.02. The monoisotopic (exact) mass is 298 g/mol. The summed E-state index contributed by atoms with van der Waals surface area (Å²) >= 11 is 0. The predicted molar refractivity (Wildman–Crippen MR) is 79.1 cm³/mol. The highest BCUT2D eigenvalue weighted by atomic mass is 32.2. The summed E-state index contributed by atoms with van der Waals surface area (Å²) in [6.45, 7) is 4.33. The van der Waals surface area contributed by atoms with Crippen LogP contribution in [0.4, 0.5) is 5.69 Å². The van der Waals surface area contributed by atoms with Crippen LogP contribution in [0.15, 0.2) is 23.1 Å². The number of benzene rings is 1. The van der Waals surface area contributed by atoms with Gasteiger partial charge in [0.25, 0.3) is 0 Å². The van der Waals surface area contributed by atoms with Crippen LogP contribution in [0.2, 0.25) is 0 Å². The minimum atomic E-state index is -3.58. The van der Waals surface area contributed by atoms with Gasteiger partial charge in [-0.05, 0) is 43.9 Å². The van der Waals surface area contributed by atoms with E-state index < -0.39 is 10.0 Å². The zero-order valence-corrected chi connectivity index (χ0v) is 12.7. The van der Waals surface area contributed by atoms with E-state index in [0.29, 0.717) is 24.0 Å². The Morgan fingerprint density at radius 2 is 2.15 bits per heavy atom. The second-order valence-corrected chi connectivity index (χ2v) is 6.83. The molecule has 0 saturated heterocycles. The Kier molecular flexibility index (Phi) is 4.55. The van der Waals surface area contributed by atoms with Crippen LogP contribution in [-0.2, 0) is 10.0 Å². The van der Waals surface area contributed by atoms with Crippen molar-refractivity contribution in [2.75, 3.05) is 12.3 Å². The van der Waals surface area contributed by atoms with Crippen LogP contribution >= 0.6 is 0 Å².